The third-order valence-electron chi connectivity index (χ3n) is 2.03. The van der Waals surface area contributed by atoms with Crippen molar-refractivity contribution in [3.8, 4) is 0 Å². The first-order valence-electron chi connectivity index (χ1n) is 4.88. The van der Waals surface area contributed by atoms with Crippen LogP contribution in [0, 0.1) is 3.57 Å². The molecule has 0 saturated carbocycles. The van der Waals surface area contributed by atoms with Crippen molar-refractivity contribution in [3.05, 3.63) is 33.4 Å². The molecule has 0 unspecified atom stereocenters. The van der Waals surface area contributed by atoms with Crippen molar-refractivity contribution >= 4 is 40.4 Å². The minimum absolute atomic E-state index is 0.262. The third-order valence-corrected chi connectivity index (χ3v) is 2.75. The molecular formula is C11H10INO5. The normalized spacial score (nSPS) is 9.83. The van der Waals surface area contributed by atoms with Crippen molar-refractivity contribution in [1.82, 2.24) is 4.90 Å². The Morgan fingerprint density at radius 3 is 1.83 bits per heavy atom. The summed E-state index contributed by atoms with van der Waals surface area (Å²) in [4.78, 5) is 33.9. The Morgan fingerprint density at radius 1 is 1.00 bits per heavy atom. The first-order valence-corrected chi connectivity index (χ1v) is 5.96. The lowest BCUT2D eigenvalue weighted by Crippen LogP contribution is -2.39. The average molecular weight is 363 g/mol. The molecule has 0 atom stereocenters. The van der Waals surface area contributed by atoms with E-state index in [9.17, 15) is 14.4 Å². The van der Waals surface area contributed by atoms with Gasteiger partial charge in [-0.05, 0) is 46.9 Å². The van der Waals surface area contributed by atoms with Crippen LogP contribution in [-0.2, 0) is 9.59 Å². The fourth-order valence-electron chi connectivity index (χ4n) is 1.30. The van der Waals surface area contributed by atoms with E-state index < -0.39 is 30.9 Å². The van der Waals surface area contributed by atoms with Crippen LogP contribution in [-0.4, -0.2) is 46.0 Å². The molecule has 0 aliphatic heterocycles. The SMILES string of the molecule is O=C(O)CN(CC(=O)O)C(=O)c1ccc(I)cc1. The van der Waals surface area contributed by atoms with Gasteiger partial charge in [0.2, 0.25) is 0 Å². The van der Waals surface area contributed by atoms with Gasteiger partial charge < -0.3 is 15.1 Å². The predicted octanol–water partition coefficient (Wildman–Crippen LogP) is 0.903. The summed E-state index contributed by atoms with van der Waals surface area (Å²) in [7, 11) is 0. The Kier molecular flexibility index (Phi) is 5.08. The van der Waals surface area contributed by atoms with Crippen molar-refractivity contribution in [2.75, 3.05) is 13.1 Å². The highest BCUT2D eigenvalue weighted by Gasteiger charge is 2.20. The van der Waals surface area contributed by atoms with Crippen molar-refractivity contribution < 1.29 is 24.6 Å². The lowest BCUT2D eigenvalue weighted by atomic mass is 10.2. The van der Waals surface area contributed by atoms with Gasteiger partial charge in [-0.15, -0.1) is 0 Å². The molecule has 0 aliphatic rings. The number of carboxylic acid groups (broad SMARTS) is 2. The van der Waals surface area contributed by atoms with Gasteiger partial charge in [-0.25, -0.2) is 0 Å². The van der Waals surface area contributed by atoms with Gasteiger partial charge in [0.1, 0.15) is 13.1 Å². The summed E-state index contributed by atoms with van der Waals surface area (Å²) in [6.45, 7) is -1.28. The van der Waals surface area contributed by atoms with Crippen LogP contribution >= 0.6 is 22.6 Å². The van der Waals surface area contributed by atoms with E-state index >= 15 is 0 Å². The van der Waals surface area contributed by atoms with E-state index in [-0.39, 0.29) is 5.56 Å². The molecule has 0 aliphatic carbocycles. The number of nitrogens with zero attached hydrogens (tertiary/aromatic N) is 1. The summed E-state index contributed by atoms with van der Waals surface area (Å²) >= 11 is 2.06. The second kappa shape index (κ2) is 6.34. The minimum atomic E-state index is -1.25. The van der Waals surface area contributed by atoms with Gasteiger partial charge in [-0.1, -0.05) is 0 Å². The first-order chi connectivity index (χ1) is 8.40. The molecule has 0 radical (unpaired) electrons. The van der Waals surface area contributed by atoms with E-state index in [1.807, 2.05) is 0 Å². The van der Waals surface area contributed by atoms with Gasteiger partial charge in [0, 0.05) is 9.13 Å². The van der Waals surface area contributed by atoms with Gasteiger partial charge in [-0.3, -0.25) is 14.4 Å². The van der Waals surface area contributed by atoms with Crippen LogP contribution < -0.4 is 0 Å². The number of halogens is 1. The van der Waals surface area contributed by atoms with Gasteiger partial charge in [0.15, 0.2) is 0 Å². The summed E-state index contributed by atoms with van der Waals surface area (Å²) in [5, 5.41) is 17.3. The molecule has 1 rings (SSSR count). The molecule has 0 aromatic heterocycles. The highest BCUT2D eigenvalue weighted by atomic mass is 127. The summed E-state index contributed by atoms with van der Waals surface area (Å²) in [6, 6.07) is 6.43. The van der Waals surface area contributed by atoms with Crippen LogP contribution in [0.5, 0.6) is 0 Å². The molecule has 1 aromatic rings. The second-order valence-electron chi connectivity index (χ2n) is 3.46. The largest absolute Gasteiger partial charge is 0.480 e. The lowest BCUT2D eigenvalue weighted by Gasteiger charge is -2.18. The van der Waals surface area contributed by atoms with Gasteiger partial charge >= 0.3 is 11.9 Å². The summed E-state index contributed by atoms with van der Waals surface area (Å²) in [5.74, 6) is -3.12. The summed E-state index contributed by atoms with van der Waals surface area (Å²) in [6.07, 6.45) is 0. The molecule has 2 N–H and O–H groups in total. The van der Waals surface area contributed by atoms with E-state index in [1.54, 1.807) is 12.1 Å². The van der Waals surface area contributed by atoms with Crippen LogP contribution in [0.1, 0.15) is 10.4 Å². The number of rotatable bonds is 5. The smallest absolute Gasteiger partial charge is 0.323 e. The van der Waals surface area contributed by atoms with Crippen LogP contribution in [0.3, 0.4) is 0 Å². The quantitative estimate of drug-likeness (QED) is 0.759. The van der Waals surface area contributed by atoms with Crippen LogP contribution in [0.15, 0.2) is 24.3 Å². The van der Waals surface area contributed by atoms with E-state index in [4.69, 9.17) is 10.2 Å². The van der Waals surface area contributed by atoms with E-state index in [1.165, 1.54) is 12.1 Å². The number of carbonyl (C=O) groups is 3. The Bertz CT molecular complexity index is 455. The number of benzene rings is 1. The van der Waals surface area contributed by atoms with Gasteiger partial charge in [0.05, 0.1) is 0 Å². The fraction of sp³-hybridized carbons (Fsp3) is 0.182. The molecule has 0 spiro atoms. The third kappa shape index (κ3) is 4.32. The number of carboxylic acids is 2. The van der Waals surface area contributed by atoms with E-state index in [0.717, 1.165) is 8.47 Å². The zero-order valence-corrected chi connectivity index (χ0v) is 11.3. The van der Waals surface area contributed by atoms with Crippen molar-refractivity contribution in [3.63, 3.8) is 0 Å². The van der Waals surface area contributed by atoms with E-state index in [2.05, 4.69) is 22.6 Å². The van der Waals surface area contributed by atoms with Gasteiger partial charge in [0.25, 0.3) is 5.91 Å². The van der Waals surface area contributed by atoms with Gasteiger partial charge in [-0.2, -0.15) is 0 Å². The molecule has 0 heterocycles. The highest BCUT2D eigenvalue weighted by molar-refractivity contribution is 14.1. The maximum absolute atomic E-state index is 11.9. The van der Waals surface area contributed by atoms with Crippen LogP contribution in [0.25, 0.3) is 0 Å². The molecule has 7 heteroatoms. The van der Waals surface area contributed by atoms with Crippen LogP contribution in [0.4, 0.5) is 0 Å². The Morgan fingerprint density at radius 2 is 1.44 bits per heavy atom. The molecule has 0 saturated heterocycles. The zero-order valence-electron chi connectivity index (χ0n) is 9.17. The molecule has 1 aromatic carbocycles. The van der Waals surface area contributed by atoms with Crippen molar-refractivity contribution in [1.29, 1.82) is 0 Å². The molecular weight excluding hydrogens is 353 g/mol. The summed E-state index contributed by atoms with van der Waals surface area (Å²) < 4.78 is 0.923. The molecule has 96 valence electrons. The average Bonchev–Trinajstić information content (AvgIpc) is 2.27. The zero-order chi connectivity index (χ0) is 13.7. The molecule has 0 fully saturated rings. The highest BCUT2D eigenvalue weighted by Crippen LogP contribution is 2.09. The van der Waals surface area contributed by atoms with Crippen LogP contribution in [0.2, 0.25) is 0 Å². The van der Waals surface area contributed by atoms with Crippen molar-refractivity contribution in [2.24, 2.45) is 0 Å². The maximum Gasteiger partial charge on any atom is 0.323 e. The number of hydrogen-bond acceptors (Lipinski definition) is 3. The molecule has 6 nitrogen and oxygen atoms in total. The maximum atomic E-state index is 11.9. The number of hydrogen-bond donors (Lipinski definition) is 2. The van der Waals surface area contributed by atoms with Crippen molar-refractivity contribution in [2.45, 2.75) is 0 Å². The fourth-order valence-corrected chi connectivity index (χ4v) is 1.66. The molecule has 18 heavy (non-hydrogen) atoms. The minimum Gasteiger partial charge on any atom is -0.480 e. The standard InChI is InChI=1S/C11H10INO5/c12-8-3-1-7(2-4-8)11(18)13(5-9(14)15)6-10(16)17/h1-4H,5-6H2,(H,14,15)(H,16,17). The monoisotopic (exact) mass is 363 g/mol. The first kappa shape index (κ1) is 14.4. The Balaban J connectivity index is 2.90. The van der Waals surface area contributed by atoms with E-state index in [0.29, 0.717) is 0 Å². The lowest BCUT2D eigenvalue weighted by molar-refractivity contribution is -0.140. The Labute approximate surface area is 116 Å². The molecule has 1 amide bonds. The topological polar surface area (TPSA) is 94.9 Å². The molecule has 0 bridgehead atoms. The Hall–Kier alpha value is -1.64. The second-order valence-corrected chi connectivity index (χ2v) is 4.70. The summed E-state index contributed by atoms with van der Waals surface area (Å²) in [5.41, 5.74) is 0.262. The predicted molar refractivity (Wildman–Crippen MR) is 70.3 cm³/mol. The number of carbonyl (C=O) groups excluding carboxylic acids is 1. The number of amides is 1. The number of aliphatic carboxylic acids is 2.